The summed E-state index contributed by atoms with van der Waals surface area (Å²) < 4.78 is 5.79. The largest absolute Gasteiger partial charge is 0.463 e. The lowest BCUT2D eigenvalue weighted by molar-refractivity contribution is 0.246. The minimum absolute atomic E-state index is 0.850. The number of hydrogen-bond donors (Lipinski definition) is 0. The third-order valence-corrected chi connectivity index (χ3v) is 6.15. The predicted octanol–water partition coefficient (Wildman–Crippen LogP) is 6.21. The van der Waals surface area contributed by atoms with Gasteiger partial charge >= 0.3 is 0 Å². The van der Waals surface area contributed by atoms with Crippen LogP contribution in [0.2, 0.25) is 0 Å². The molecule has 0 N–H and O–H groups in total. The smallest absolute Gasteiger partial charge is 0.152 e. The van der Waals surface area contributed by atoms with Gasteiger partial charge in [0, 0.05) is 25.0 Å². The van der Waals surface area contributed by atoms with Crippen LogP contribution in [0.3, 0.4) is 0 Å². The second-order valence-corrected chi connectivity index (χ2v) is 8.02. The molecule has 3 aromatic carbocycles. The summed E-state index contributed by atoms with van der Waals surface area (Å²) in [4.78, 5) is 7.62. The molecule has 0 fully saturated rings. The lowest BCUT2D eigenvalue weighted by Crippen LogP contribution is -2.31. The molecule has 30 heavy (non-hydrogen) atoms. The number of rotatable bonds is 3. The fraction of sp³-hybridized carbons (Fsp3) is 0.148. The van der Waals surface area contributed by atoms with E-state index in [0.717, 1.165) is 43.0 Å². The molecule has 3 heteroatoms. The standard InChI is InChI=1S/C27H22N2O/c1-2-7-19(8-3-1)17-29-15-14-22-23(18-29)27(25-11-6-16-30-25)28-24-13-12-20-9-4-5-10-21(20)26(22)24/h1-13,16H,14-15,17-18H2. The number of hydrogen-bond acceptors (Lipinski definition) is 3. The summed E-state index contributed by atoms with van der Waals surface area (Å²) in [6.07, 6.45) is 2.75. The van der Waals surface area contributed by atoms with Gasteiger partial charge in [-0.2, -0.15) is 0 Å². The molecular formula is C27H22N2O. The van der Waals surface area contributed by atoms with Crippen molar-refractivity contribution in [2.75, 3.05) is 6.54 Å². The average Bonchev–Trinajstić information content (AvgIpc) is 3.33. The van der Waals surface area contributed by atoms with Crippen LogP contribution in [0.4, 0.5) is 0 Å². The van der Waals surface area contributed by atoms with Crippen molar-refractivity contribution in [1.29, 1.82) is 0 Å². The van der Waals surface area contributed by atoms with Crippen LogP contribution in [0, 0.1) is 0 Å². The molecule has 0 saturated heterocycles. The fourth-order valence-electron chi connectivity index (χ4n) is 4.76. The summed E-state index contributed by atoms with van der Waals surface area (Å²) >= 11 is 0. The highest BCUT2D eigenvalue weighted by molar-refractivity contribution is 6.09. The van der Waals surface area contributed by atoms with Gasteiger partial charge in [-0.15, -0.1) is 0 Å². The molecule has 0 spiro atoms. The average molecular weight is 390 g/mol. The first-order valence-electron chi connectivity index (χ1n) is 10.5. The molecule has 1 aliphatic heterocycles. The Hall–Kier alpha value is -3.43. The first-order valence-corrected chi connectivity index (χ1v) is 10.5. The molecular weight excluding hydrogens is 368 g/mol. The van der Waals surface area contributed by atoms with Crippen LogP contribution in [-0.4, -0.2) is 16.4 Å². The lowest BCUT2D eigenvalue weighted by atomic mass is 9.90. The van der Waals surface area contributed by atoms with Crippen molar-refractivity contribution < 1.29 is 4.42 Å². The Morgan fingerprint density at radius 3 is 2.57 bits per heavy atom. The van der Waals surface area contributed by atoms with Gasteiger partial charge in [0.1, 0.15) is 5.69 Å². The van der Waals surface area contributed by atoms with Gasteiger partial charge < -0.3 is 4.42 Å². The summed E-state index contributed by atoms with van der Waals surface area (Å²) in [5.74, 6) is 0.850. The van der Waals surface area contributed by atoms with Gasteiger partial charge in [0.2, 0.25) is 0 Å². The number of fused-ring (bicyclic) bond motifs is 5. The molecule has 0 saturated carbocycles. The van der Waals surface area contributed by atoms with Crippen LogP contribution < -0.4 is 0 Å². The van der Waals surface area contributed by atoms with Crippen molar-refractivity contribution >= 4 is 21.7 Å². The van der Waals surface area contributed by atoms with E-state index in [4.69, 9.17) is 9.40 Å². The van der Waals surface area contributed by atoms with Crippen LogP contribution >= 0.6 is 0 Å². The van der Waals surface area contributed by atoms with Gasteiger partial charge in [0.05, 0.1) is 11.8 Å². The highest BCUT2D eigenvalue weighted by atomic mass is 16.3. The Kier molecular flexibility index (Phi) is 4.14. The predicted molar refractivity (Wildman–Crippen MR) is 121 cm³/mol. The van der Waals surface area contributed by atoms with Gasteiger partial charge in [0.25, 0.3) is 0 Å². The van der Waals surface area contributed by atoms with Crippen LogP contribution in [0.5, 0.6) is 0 Å². The van der Waals surface area contributed by atoms with Crippen LogP contribution in [0.25, 0.3) is 33.1 Å². The van der Waals surface area contributed by atoms with Crippen molar-refractivity contribution in [3.05, 3.63) is 102 Å². The Balaban J connectivity index is 1.54. The Labute approximate surface area is 175 Å². The van der Waals surface area contributed by atoms with E-state index < -0.39 is 0 Å². The minimum atomic E-state index is 0.850. The summed E-state index contributed by atoms with van der Waals surface area (Å²) in [7, 11) is 0. The molecule has 0 bridgehead atoms. The van der Waals surface area contributed by atoms with E-state index in [1.807, 2.05) is 12.1 Å². The van der Waals surface area contributed by atoms with E-state index in [9.17, 15) is 0 Å². The maximum absolute atomic E-state index is 5.79. The van der Waals surface area contributed by atoms with E-state index in [2.05, 4.69) is 71.6 Å². The van der Waals surface area contributed by atoms with Gasteiger partial charge in [-0.3, -0.25) is 4.90 Å². The van der Waals surface area contributed by atoms with E-state index in [0.29, 0.717) is 0 Å². The summed E-state index contributed by atoms with van der Waals surface area (Å²) in [5.41, 5.74) is 6.11. The molecule has 0 atom stereocenters. The number of pyridine rings is 1. The maximum Gasteiger partial charge on any atom is 0.152 e. The van der Waals surface area contributed by atoms with Crippen LogP contribution in [0.15, 0.2) is 89.5 Å². The van der Waals surface area contributed by atoms with Crippen LogP contribution in [-0.2, 0) is 19.5 Å². The molecule has 0 unspecified atom stereocenters. The summed E-state index contributed by atoms with van der Waals surface area (Å²) in [6.45, 7) is 2.87. The zero-order valence-corrected chi connectivity index (χ0v) is 16.7. The molecule has 3 heterocycles. The zero-order valence-electron chi connectivity index (χ0n) is 16.7. The molecule has 0 amide bonds. The first kappa shape index (κ1) is 17.4. The Bertz CT molecular complexity index is 1340. The monoisotopic (exact) mass is 390 g/mol. The van der Waals surface area contributed by atoms with Crippen molar-refractivity contribution in [2.45, 2.75) is 19.5 Å². The highest BCUT2D eigenvalue weighted by Crippen LogP contribution is 2.37. The Morgan fingerprint density at radius 2 is 1.70 bits per heavy atom. The Morgan fingerprint density at radius 1 is 0.833 bits per heavy atom. The topological polar surface area (TPSA) is 29.3 Å². The third kappa shape index (κ3) is 2.90. The molecule has 1 aliphatic rings. The quantitative estimate of drug-likeness (QED) is 0.343. The van der Waals surface area contributed by atoms with Crippen molar-refractivity contribution in [1.82, 2.24) is 9.88 Å². The fourth-order valence-corrected chi connectivity index (χ4v) is 4.76. The molecule has 0 aliphatic carbocycles. The third-order valence-electron chi connectivity index (χ3n) is 6.15. The number of furan rings is 1. The first-order chi connectivity index (χ1) is 14.9. The number of benzene rings is 3. The molecule has 0 radical (unpaired) electrons. The van der Waals surface area contributed by atoms with E-state index in [1.165, 1.54) is 32.8 Å². The van der Waals surface area contributed by atoms with Crippen molar-refractivity contribution in [2.24, 2.45) is 0 Å². The number of nitrogens with zero attached hydrogens (tertiary/aromatic N) is 2. The van der Waals surface area contributed by atoms with E-state index >= 15 is 0 Å². The SMILES string of the molecule is c1ccc(CN2CCc3c(c(-c4ccco4)nc4ccc5ccccc5c34)C2)cc1. The van der Waals surface area contributed by atoms with E-state index in [1.54, 1.807) is 6.26 Å². The van der Waals surface area contributed by atoms with E-state index in [-0.39, 0.29) is 0 Å². The minimum Gasteiger partial charge on any atom is -0.463 e. The summed E-state index contributed by atoms with van der Waals surface area (Å²) in [6, 6.07) is 27.6. The van der Waals surface area contributed by atoms with Crippen molar-refractivity contribution in [3.63, 3.8) is 0 Å². The normalized spacial score (nSPS) is 14.3. The molecule has 146 valence electrons. The molecule has 5 aromatic rings. The maximum atomic E-state index is 5.79. The highest BCUT2D eigenvalue weighted by Gasteiger charge is 2.25. The molecule has 3 nitrogen and oxygen atoms in total. The van der Waals surface area contributed by atoms with Gasteiger partial charge in [-0.05, 0) is 52.1 Å². The van der Waals surface area contributed by atoms with Crippen LogP contribution in [0.1, 0.15) is 16.7 Å². The van der Waals surface area contributed by atoms with Crippen molar-refractivity contribution in [3.8, 4) is 11.5 Å². The van der Waals surface area contributed by atoms with Gasteiger partial charge in [-0.1, -0.05) is 60.7 Å². The molecule has 6 rings (SSSR count). The molecule has 2 aromatic heterocycles. The van der Waals surface area contributed by atoms with Gasteiger partial charge in [0.15, 0.2) is 5.76 Å². The second kappa shape index (κ2) is 7.12. The van der Waals surface area contributed by atoms with Gasteiger partial charge in [-0.25, -0.2) is 4.98 Å². The number of aromatic nitrogens is 1. The lowest BCUT2D eigenvalue weighted by Gasteiger charge is -2.31. The zero-order chi connectivity index (χ0) is 19.9. The summed E-state index contributed by atoms with van der Waals surface area (Å²) in [5, 5.41) is 3.87. The second-order valence-electron chi connectivity index (χ2n) is 8.02.